The van der Waals surface area contributed by atoms with Gasteiger partial charge in [0.25, 0.3) is 0 Å². The van der Waals surface area contributed by atoms with Crippen LogP contribution in [-0.2, 0) is 28.6 Å². The Hall–Kier alpha value is -1.85. The van der Waals surface area contributed by atoms with E-state index in [0.717, 1.165) is 25.7 Å². The first-order valence-electron chi connectivity index (χ1n) is 14.2. The quantitative estimate of drug-likeness (QED) is 0.0592. The molecular weight excluding hydrogens is 444 g/mol. The van der Waals surface area contributed by atoms with Crippen molar-refractivity contribution in [2.45, 2.75) is 142 Å². The minimum absolute atomic E-state index is 0.0846. The normalized spacial score (nSPS) is 12.0. The number of unbranched alkanes of at least 4 members (excludes halogenated alkanes) is 11. The number of allylic oxidation sites excluding steroid dienone is 2. The predicted molar refractivity (Wildman–Crippen MR) is 141 cm³/mol. The van der Waals surface area contributed by atoms with Gasteiger partial charge in [-0.05, 0) is 44.9 Å². The first-order valence-corrected chi connectivity index (χ1v) is 14.2. The maximum absolute atomic E-state index is 12.1. The Labute approximate surface area is 214 Å². The molecule has 0 aliphatic heterocycles. The molecular formula is C29H52O6. The van der Waals surface area contributed by atoms with Gasteiger partial charge in [-0.1, -0.05) is 84.3 Å². The van der Waals surface area contributed by atoms with Crippen molar-refractivity contribution in [1.29, 1.82) is 0 Å². The lowest BCUT2D eigenvalue weighted by atomic mass is 10.1. The van der Waals surface area contributed by atoms with Crippen LogP contribution in [0.3, 0.4) is 0 Å². The smallest absolute Gasteiger partial charge is 0.306 e. The lowest BCUT2D eigenvalue weighted by molar-refractivity contribution is -0.166. The van der Waals surface area contributed by atoms with E-state index in [9.17, 15) is 14.4 Å². The lowest BCUT2D eigenvalue weighted by Crippen LogP contribution is -2.30. The number of ether oxygens (including phenoxy) is 3. The number of hydrogen-bond donors (Lipinski definition) is 0. The van der Waals surface area contributed by atoms with Crippen LogP contribution in [0.15, 0.2) is 12.2 Å². The van der Waals surface area contributed by atoms with Gasteiger partial charge < -0.3 is 14.2 Å². The van der Waals surface area contributed by atoms with Gasteiger partial charge in [0.2, 0.25) is 0 Å². The molecule has 0 heterocycles. The molecule has 0 radical (unpaired) electrons. The number of rotatable bonds is 24. The highest BCUT2D eigenvalue weighted by Crippen LogP contribution is 2.11. The number of esters is 3. The number of hydrogen-bond acceptors (Lipinski definition) is 6. The summed E-state index contributed by atoms with van der Waals surface area (Å²) in [5, 5.41) is 0. The highest BCUT2D eigenvalue weighted by Gasteiger charge is 2.19. The van der Waals surface area contributed by atoms with Gasteiger partial charge in [-0.15, -0.1) is 0 Å². The van der Waals surface area contributed by atoms with Crippen molar-refractivity contribution in [2.75, 3.05) is 13.2 Å². The molecule has 0 bridgehead atoms. The largest absolute Gasteiger partial charge is 0.462 e. The lowest BCUT2D eigenvalue weighted by Gasteiger charge is -2.18. The number of carbonyl (C=O) groups is 3. The molecule has 0 fully saturated rings. The fourth-order valence-corrected chi connectivity index (χ4v) is 3.63. The summed E-state index contributed by atoms with van der Waals surface area (Å²) >= 11 is 0. The van der Waals surface area contributed by atoms with Gasteiger partial charge in [0.15, 0.2) is 6.10 Å². The third-order valence-corrected chi connectivity index (χ3v) is 5.71. The Morgan fingerprint density at radius 1 is 0.543 bits per heavy atom. The maximum Gasteiger partial charge on any atom is 0.306 e. The monoisotopic (exact) mass is 496 g/mol. The first-order chi connectivity index (χ1) is 17.0. The van der Waals surface area contributed by atoms with E-state index in [1.807, 2.05) is 13.8 Å². The Balaban J connectivity index is 3.83. The highest BCUT2D eigenvalue weighted by molar-refractivity contribution is 5.71. The van der Waals surface area contributed by atoms with Crippen LogP contribution in [0, 0.1) is 0 Å². The maximum atomic E-state index is 12.1. The molecule has 6 heteroatoms. The Kier molecular flexibility index (Phi) is 23.9. The van der Waals surface area contributed by atoms with Crippen LogP contribution >= 0.6 is 0 Å². The van der Waals surface area contributed by atoms with E-state index in [1.54, 1.807) is 0 Å². The molecule has 6 nitrogen and oxygen atoms in total. The van der Waals surface area contributed by atoms with E-state index in [2.05, 4.69) is 19.1 Å². The molecule has 0 aromatic rings. The second-order valence-corrected chi connectivity index (χ2v) is 9.31. The first kappa shape index (κ1) is 33.1. The summed E-state index contributed by atoms with van der Waals surface area (Å²) in [6, 6.07) is 0. The minimum atomic E-state index is -0.757. The van der Waals surface area contributed by atoms with E-state index >= 15 is 0 Å². The van der Waals surface area contributed by atoms with Gasteiger partial charge in [0, 0.05) is 19.3 Å². The standard InChI is InChI=1S/C29H52O6/c1-4-7-8-9-10-11-12-13-14-15-16-17-18-19-20-23-28(31)34-25-26(35-29(32)22-6-3)24-33-27(30)21-5-2/h13-14,26H,4-12,15-25H2,1-3H3/b14-13-/t26-/m1/s1. The Morgan fingerprint density at radius 2 is 1.00 bits per heavy atom. The van der Waals surface area contributed by atoms with Crippen LogP contribution in [0.2, 0.25) is 0 Å². The van der Waals surface area contributed by atoms with E-state index in [0.29, 0.717) is 25.7 Å². The zero-order chi connectivity index (χ0) is 26.0. The van der Waals surface area contributed by atoms with Crippen molar-refractivity contribution in [3.05, 3.63) is 12.2 Å². The third kappa shape index (κ3) is 23.7. The molecule has 0 aromatic heterocycles. The van der Waals surface area contributed by atoms with Crippen LogP contribution in [0.5, 0.6) is 0 Å². The van der Waals surface area contributed by atoms with Gasteiger partial charge >= 0.3 is 17.9 Å². The van der Waals surface area contributed by atoms with Crippen LogP contribution in [0.25, 0.3) is 0 Å². The topological polar surface area (TPSA) is 78.9 Å². The van der Waals surface area contributed by atoms with Gasteiger partial charge in [-0.3, -0.25) is 14.4 Å². The fourth-order valence-electron chi connectivity index (χ4n) is 3.63. The van der Waals surface area contributed by atoms with Gasteiger partial charge in [0.1, 0.15) is 13.2 Å². The molecule has 35 heavy (non-hydrogen) atoms. The summed E-state index contributed by atoms with van der Waals surface area (Å²) in [6.45, 7) is 5.84. The van der Waals surface area contributed by atoms with Crippen LogP contribution < -0.4 is 0 Å². The van der Waals surface area contributed by atoms with E-state index in [-0.39, 0.29) is 37.5 Å². The van der Waals surface area contributed by atoms with Crippen LogP contribution in [-0.4, -0.2) is 37.2 Å². The Bertz CT molecular complexity index is 557. The molecule has 204 valence electrons. The van der Waals surface area contributed by atoms with Crippen LogP contribution in [0.1, 0.15) is 136 Å². The summed E-state index contributed by atoms with van der Waals surface area (Å²) in [5.74, 6) is -1.03. The molecule has 0 amide bonds. The molecule has 0 unspecified atom stereocenters. The van der Waals surface area contributed by atoms with Gasteiger partial charge in [0.05, 0.1) is 0 Å². The fraction of sp³-hybridized carbons (Fsp3) is 0.828. The van der Waals surface area contributed by atoms with Crippen LogP contribution in [0.4, 0.5) is 0 Å². The second kappa shape index (κ2) is 25.2. The zero-order valence-electron chi connectivity index (χ0n) is 22.8. The summed E-state index contributed by atoms with van der Waals surface area (Å²) < 4.78 is 15.7. The SMILES string of the molecule is CCCCCCCC/C=C\CCCCCCCC(=O)OC[C@@H](COC(=O)CCC)OC(=O)CCC. The van der Waals surface area contributed by atoms with Gasteiger partial charge in [-0.25, -0.2) is 0 Å². The molecule has 0 rings (SSSR count). The molecule has 0 saturated carbocycles. The second-order valence-electron chi connectivity index (χ2n) is 9.31. The van der Waals surface area contributed by atoms with E-state index in [4.69, 9.17) is 14.2 Å². The minimum Gasteiger partial charge on any atom is -0.462 e. The predicted octanol–water partition coefficient (Wildman–Crippen LogP) is 7.62. The van der Waals surface area contributed by atoms with E-state index in [1.165, 1.54) is 57.8 Å². The Morgan fingerprint density at radius 3 is 1.54 bits per heavy atom. The third-order valence-electron chi connectivity index (χ3n) is 5.71. The average molecular weight is 497 g/mol. The molecule has 0 aliphatic carbocycles. The molecule has 0 N–H and O–H groups in total. The van der Waals surface area contributed by atoms with Crippen molar-refractivity contribution in [3.63, 3.8) is 0 Å². The van der Waals surface area contributed by atoms with Crippen molar-refractivity contribution in [2.24, 2.45) is 0 Å². The molecule has 1 atom stereocenters. The van der Waals surface area contributed by atoms with Crippen molar-refractivity contribution in [3.8, 4) is 0 Å². The highest BCUT2D eigenvalue weighted by atomic mass is 16.6. The van der Waals surface area contributed by atoms with Crippen molar-refractivity contribution >= 4 is 17.9 Å². The summed E-state index contributed by atoms with van der Waals surface area (Å²) in [4.78, 5) is 35.4. The average Bonchev–Trinajstić information content (AvgIpc) is 2.83. The van der Waals surface area contributed by atoms with Gasteiger partial charge in [-0.2, -0.15) is 0 Å². The summed E-state index contributed by atoms with van der Waals surface area (Å²) in [6.07, 6.45) is 21.9. The van der Waals surface area contributed by atoms with Crippen molar-refractivity contribution in [1.82, 2.24) is 0 Å². The van der Waals surface area contributed by atoms with Crippen molar-refractivity contribution < 1.29 is 28.6 Å². The summed E-state index contributed by atoms with van der Waals surface area (Å²) in [5.41, 5.74) is 0. The summed E-state index contributed by atoms with van der Waals surface area (Å²) in [7, 11) is 0. The molecule has 0 spiro atoms. The molecule has 0 saturated heterocycles. The molecule has 0 aliphatic rings. The number of carbonyl (C=O) groups excluding carboxylic acids is 3. The zero-order valence-corrected chi connectivity index (χ0v) is 22.8. The van der Waals surface area contributed by atoms with E-state index < -0.39 is 6.10 Å². The molecule has 0 aromatic carbocycles.